The minimum Gasteiger partial charge on any atom is -0.497 e. The van der Waals surface area contributed by atoms with Gasteiger partial charge >= 0.3 is 6.03 Å². The molecule has 3 rings (SSSR count). The summed E-state index contributed by atoms with van der Waals surface area (Å²) in [6, 6.07) is 4.71. The molecule has 0 aliphatic carbocycles. The molecule has 1 atom stereocenters. The quantitative estimate of drug-likeness (QED) is 0.633. The zero-order chi connectivity index (χ0) is 16.6. The monoisotopic (exact) mass is 318 g/mol. The van der Waals surface area contributed by atoms with Crippen molar-refractivity contribution in [2.75, 3.05) is 27.2 Å². The van der Waals surface area contributed by atoms with E-state index in [1.807, 2.05) is 6.07 Å². The molecule has 1 unspecified atom stereocenters. The van der Waals surface area contributed by atoms with Gasteiger partial charge in [0.2, 0.25) is 0 Å². The summed E-state index contributed by atoms with van der Waals surface area (Å²) in [4.78, 5) is 37.8. The van der Waals surface area contributed by atoms with Gasteiger partial charge in [-0.25, -0.2) is 4.79 Å². The number of carbonyl (C=O) groups is 3. The number of nitrogens with one attached hydrogen (secondary N) is 3. The first-order chi connectivity index (χ1) is 11.0. The summed E-state index contributed by atoms with van der Waals surface area (Å²) in [5.41, 5.74) is 0.280. The number of urea groups is 1. The third kappa shape index (κ3) is 2.50. The molecule has 1 aromatic carbocycles. The lowest BCUT2D eigenvalue weighted by Gasteiger charge is -2.30. The van der Waals surface area contributed by atoms with Gasteiger partial charge in [-0.2, -0.15) is 0 Å². The highest BCUT2D eigenvalue weighted by Gasteiger charge is 2.48. The number of amides is 4. The van der Waals surface area contributed by atoms with Gasteiger partial charge in [0.25, 0.3) is 11.8 Å². The van der Waals surface area contributed by atoms with Crippen LogP contribution in [0.3, 0.4) is 0 Å². The summed E-state index contributed by atoms with van der Waals surface area (Å²) in [6.45, 7) is 0.704. The molecule has 2 aliphatic heterocycles. The average molecular weight is 318 g/mol. The van der Waals surface area contributed by atoms with Gasteiger partial charge in [0, 0.05) is 18.7 Å². The van der Waals surface area contributed by atoms with E-state index in [1.54, 1.807) is 31.2 Å². The van der Waals surface area contributed by atoms with E-state index >= 15 is 0 Å². The maximum atomic E-state index is 12.5. The van der Waals surface area contributed by atoms with Crippen molar-refractivity contribution in [2.24, 2.45) is 0 Å². The fourth-order valence-corrected chi connectivity index (χ4v) is 3.06. The zero-order valence-electron chi connectivity index (χ0n) is 12.9. The Morgan fingerprint density at radius 1 is 1.35 bits per heavy atom. The second-order valence-electron chi connectivity index (χ2n) is 5.70. The number of carbonyl (C=O) groups excluding carboxylic acids is 3. The molecule has 2 heterocycles. The van der Waals surface area contributed by atoms with Crippen molar-refractivity contribution in [1.82, 2.24) is 20.9 Å². The molecule has 0 saturated carbocycles. The van der Waals surface area contributed by atoms with Crippen molar-refractivity contribution in [1.29, 1.82) is 0 Å². The maximum Gasteiger partial charge on any atom is 0.322 e. The molecule has 0 spiro atoms. The smallest absolute Gasteiger partial charge is 0.322 e. The molecule has 8 heteroatoms. The number of rotatable bonds is 5. The van der Waals surface area contributed by atoms with E-state index in [0.29, 0.717) is 17.9 Å². The number of fused-ring (bicyclic) bond motifs is 1. The molecule has 4 amide bonds. The number of hydrogen-bond donors (Lipinski definition) is 3. The molecule has 23 heavy (non-hydrogen) atoms. The van der Waals surface area contributed by atoms with Gasteiger partial charge in [-0.1, -0.05) is 0 Å². The van der Waals surface area contributed by atoms with Crippen LogP contribution in [0.15, 0.2) is 18.2 Å². The first-order valence-corrected chi connectivity index (χ1v) is 7.23. The van der Waals surface area contributed by atoms with Crippen LogP contribution in [0.25, 0.3) is 0 Å². The molecule has 1 saturated heterocycles. The predicted octanol–water partition coefficient (Wildman–Crippen LogP) is -0.551. The zero-order valence-corrected chi connectivity index (χ0v) is 12.9. The van der Waals surface area contributed by atoms with Crippen LogP contribution < -0.4 is 20.7 Å². The first kappa shape index (κ1) is 15.3. The van der Waals surface area contributed by atoms with Gasteiger partial charge in [-0.15, -0.1) is 0 Å². The Hall–Kier alpha value is -2.61. The van der Waals surface area contributed by atoms with Crippen LogP contribution in [0, 0.1) is 0 Å². The molecule has 1 aromatic rings. The number of benzene rings is 1. The second-order valence-corrected chi connectivity index (χ2v) is 5.70. The van der Waals surface area contributed by atoms with E-state index in [2.05, 4.69) is 16.0 Å². The van der Waals surface area contributed by atoms with Gasteiger partial charge in [0.15, 0.2) is 5.54 Å². The van der Waals surface area contributed by atoms with Crippen molar-refractivity contribution in [2.45, 2.75) is 12.1 Å². The van der Waals surface area contributed by atoms with Gasteiger partial charge in [-0.3, -0.25) is 14.9 Å². The Kier molecular flexibility index (Phi) is 3.69. The Labute approximate surface area is 133 Å². The lowest BCUT2D eigenvalue weighted by atomic mass is 9.99. The molecule has 0 bridgehead atoms. The highest BCUT2D eigenvalue weighted by Crippen LogP contribution is 2.28. The Morgan fingerprint density at radius 2 is 2.13 bits per heavy atom. The van der Waals surface area contributed by atoms with Gasteiger partial charge in [-0.05, 0) is 30.8 Å². The van der Waals surface area contributed by atoms with Crippen molar-refractivity contribution in [3.63, 3.8) is 0 Å². The van der Waals surface area contributed by atoms with E-state index in [-0.39, 0.29) is 19.0 Å². The number of ether oxygens (including phenoxy) is 1. The number of imide groups is 1. The van der Waals surface area contributed by atoms with Crippen LogP contribution in [0.1, 0.15) is 15.9 Å². The second kappa shape index (κ2) is 5.54. The van der Waals surface area contributed by atoms with Crippen LogP contribution in [0.4, 0.5) is 4.79 Å². The third-order valence-electron chi connectivity index (χ3n) is 4.15. The van der Waals surface area contributed by atoms with E-state index in [1.165, 1.54) is 0 Å². The Morgan fingerprint density at radius 3 is 2.74 bits per heavy atom. The summed E-state index contributed by atoms with van der Waals surface area (Å²) in [6.07, 6.45) is 0. The van der Waals surface area contributed by atoms with Crippen LogP contribution in [0.2, 0.25) is 0 Å². The SMILES string of the molecule is CNCC1(CN2Cc3cc(OC)ccc3C2=O)NC(=O)NC1=O. The third-order valence-corrected chi connectivity index (χ3v) is 4.15. The summed E-state index contributed by atoms with van der Waals surface area (Å²) >= 11 is 0. The number of hydrogen-bond acceptors (Lipinski definition) is 5. The predicted molar refractivity (Wildman–Crippen MR) is 81.1 cm³/mol. The van der Waals surface area contributed by atoms with Crippen LogP contribution in [0.5, 0.6) is 5.75 Å². The van der Waals surface area contributed by atoms with E-state index < -0.39 is 17.5 Å². The maximum absolute atomic E-state index is 12.5. The van der Waals surface area contributed by atoms with Crippen molar-refractivity contribution >= 4 is 17.8 Å². The molecule has 2 aliphatic rings. The summed E-state index contributed by atoms with van der Waals surface area (Å²) < 4.78 is 5.17. The van der Waals surface area contributed by atoms with Crippen LogP contribution >= 0.6 is 0 Å². The normalized spacial score (nSPS) is 22.9. The lowest BCUT2D eigenvalue weighted by molar-refractivity contribution is -0.124. The average Bonchev–Trinajstić information content (AvgIpc) is 2.96. The van der Waals surface area contributed by atoms with E-state index in [4.69, 9.17) is 4.74 Å². The summed E-state index contributed by atoms with van der Waals surface area (Å²) in [5.74, 6) is 0.0838. The first-order valence-electron chi connectivity index (χ1n) is 7.23. The van der Waals surface area contributed by atoms with Crippen LogP contribution in [-0.4, -0.2) is 55.5 Å². The molecule has 8 nitrogen and oxygen atoms in total. The van der Waals surface area contributed by atoms with E-state index in [9.17, 15) is 14.4 Å². The van der Waals surface area contributed by atoms with Crippen LogP contribution in [-0.2, 0) is 11.3 Å². The number of methoxy groups -OCH3 is 1. The lowest BCUT2D eigenvalue weighted by Crippen LogP contribution is -2.60. The minimum absolute atomic E-state index is 0.0985. The molecule has 1 fully saturated rings. The molecule has 3 N–H and O–H groups in total. The van der Waals surface area contributed by atoms with Crippen molar-refractivity contribution in [3.05, 3.63) is 29.3 Å². The summed E-state index contributed by atoms with van der Waals surface area (Å²) in [7, 11) is 3.25. The van der Waals surface area contributed by atoms with Gasteiger partial charge in [0.05, 0.1) is 13.7 Å². The number of likely N-dealkylation sites (N-methyl/N-ethyl adjacent to an activating group) is 1. The largest absolute Gasteiger partial charge is 0.497 e. The highest BCUT2D eigenvalue weighted by atomic mass is 16.5. The molecule has 0 radical (unpaired) electrons. The fraction of sp³-hybridized carbons (Fsp3) is 0.400. The molecular formula is C15H18N4O4. The topological polar surface area (TPSA) is 99.8 Å². The van der Waals surface area contributed by atoms with E-state index in [0.717, 1.165) is 5.56 Å². The Bertz CT molecular complexity index is 690. The highest BCUT2D eigenvalue weighted by molar-refractivity contribution is 6.08. The summed E-state index contributed by atoms with van der Waals surface area (Å²) in [5, 5.41) is 7.76. The molecular weight excluding hydrogens is 300 g/mol. The molecule has 122 valence electrons. The fourth-order valence-electron chi connectivity index (χ4n) is 3.06. The van der Waals surface area contributed by atoms with Gasteiger partial charge < -0.3 is 20.3 Å². The minimum atomic E-state index is -1.16. The molecule has 0 aromatic heterocycles. The van der Waals surface area contributed by atoms with Crippen molar-refractivity contribution in [3.8, 4) is 5.75 Å². The van der Waals surface area contributed by atoms with Crippen molar-refractivity contribution < 1.29 is 19.1 Å². The standard InChI is InChI=1S/C15H18N4O4/c1-16-7-15(13(21)17-14(22)18-15)8-19-6-9-5-10(23-2)3-4-11(9)12(19)20/h3-5,16H,6-8H2,1-2H3,(H2,17,18,21,22). The van der Waals surface area contributed by atoms with Gasteiger partial charge in [0.1, 0.15) is 5.75 Å². The number of nitrogens with zero attached hydrogens (tertiary/aromatic N) is 1. The Balaban J connectivity index is 1.84.